The van der Waals surface area contributed by atoms with Crippen LogP contribution in [0.3, 0.4) is 0 Å². The van der Waals surface area contributed by atoms with Crippen LogP contribution in [0.15, 0.2) is 12.4 Å². The summed E-state index contributed by atoms with van der Waals surface area (Å²) in [5, 5.41) is 9.67. The van der Waals surface area contributed by atoms with Gasteiger partial charge in [0.2, 0.25) is 0 Å². The Morgan fingerprint density at radius 2 is 2.10 bits per heavy atom. The molecule has 2 rings (SSSR count). The van der Waals surface area contributed by atoms with E-state index in [2.05, 4.69) is 9.97 Å². The van der Waals surface area contributed by atoms with Gasteiger partial charge in [-0.25, -0.2) is 9.97 Å². The first-order chi connectivity index (χ1) is 9.36. The molecule has 0 saturated carbocycles. The van der Waals surface area contributed by atoms with E-state index in [9.17, 15) is 14.7 Å². The lowest BCUT2D eigenvalue weighted by Crippen LogP contribution is -2.40. The van der Waals surface area contributed by atoms with Crippen LogP contribution in [0.4, 0.5) is 0 Å². The van der Waals surface area contributed by atoms with E-state index < -0.39 is 11.4 Å². The largest absolute Gasteiger partial charge is 0.481 e. The number of rotatable bonds is 3. The molecule has 0 bridgehead atoms. The van der Waals surface area contributed by atoms with Gasteiger partial charge in [-0.1, -0.05) is 25.4 Å². The van der Waals surface area contributed by atoms with Gasteiger partial charge in [-0.3, -0.25) is 9.59 Å². The maximum Gasteiger partial charge on any atom is 0.311 e. The third-order valence-electron chi connectivity index (χ3n) is 3.96. The van der Waals surface area contributed by atoms with E-state index in [1.54, 1.807) is 0 Å². The number of carboxylic acids is 1. The number of carbonyl (C=O) groups is 2. The monoisotopic (exact) mass is 297 g/mol. The van der Waals surface area contributed by atoms with Crippen LogP contribution in [0.5, 0.6) is 0 Å². The molecule has 1 N–H and O–H groups in total. The summed E-state index contributed by atoms with van der Waals surface area (Å²) in [6.45, 7) is 4.34. The summed E-state index contributed by atoms with van der Waals surface area (Å²) in [7, 11) is 0. The molecule has 1 aromatic rings. The highest BCUT2D eigenvalue weighted by atomic mass is 35.5. The molecule has 1 aliphatic rings. The summed E-state index contributed by atoms with van der Waals surface area (Å²) in [6, 6.07) is 0. The first-order valence-electron chi connectivity index (χ1n) is 6.37. The number of aromatic nitrogens is 2. The Hall–Kier alpha value is -1.69. The van der Waals surface area contributed by atoms with E-state index in [0.717, 1.165) is 0 Å². The number of hydrogen-bond acceptors (Lipinski definition) is 4. The average Bonchev–Trinajstić information content (AvgIpc) is 2.85. The van der Waals surface area contributed by atoms with Crippen LogP contribution in [0.1, 0.15) is 30.8 Å². The molecular formula is C13H16ClN3O3. The van der Waals surface area contributed by atoms with Crippen molar-refractivity contribution in [2.75, 3.05) is 13.1 Å². The van der Waals surface area contributed by atoms with Gasteiger partial charge in [0.15, 0.2) is 0 Å². The average molecular weight is 298 g/mol. The van der Waals surface area contributed by atoms with Gasteiger partial charge in [0, 0.05) is 13.1 Å². The number of halogens is 1. The van der Waals surface area contributed by atoms with Crippen molar-refractivity contribution in [3.8, 4) is 0 Å². The summed E-state index contributed by atoms with van der Waals surface area (Å²) in [5.41, 5.74) is -0.700. The highest BCUT2D eigenvalue weighted by Crippen LogP contribution is 2.38. The van der Waals surface area contributed by atoms with Crippen LogP contribution in [0, 0.1) is 11.3 Å². The van der Waals surface area contributed by atoms with E-state index in [1.165, 1.54) is 17.3 Å². The van der Waals surface area contributed by atoms with Crippen molar-refractivity contribution < 1.29 is 14.7 Å². The Labute approximate surface area is 121 Å². The molecule has 20 heavy (non-hydrogen) atoms. The number of nitrogens with zero attached hydrogens (tertiary/aromatic N) is 3. The highest BCUT2D eigenvalue weighted by Gasteiger charge is 2.48. The number of aliphatic carboxylic acids is 1. The van der Waals surface area contributed by atoms with Crippen LogP contribution >= 0.6 is 11.6 Å². The van der Waals surface area contributed by atoms with E-state index >= 15 is 0 Å². The van der Waals surface area contributed by atoms with Crippen molar-refractivity contribution in [1.29, 1.82) is 0 Å². The lowest BCUT2D eigenvalue weighted by Gasteiger charge is -2.28. The fourth-order valence-electron chi connectivity index (χ4n) is 2.48. The molecular weight excluding hydrogens is 282 g/mol. The predicted octanol–water partition coefficient (Wildman–Crippen LogP) is 1.70. The SMILES string of the molecule is CC(C)C1(C(=O)O)CCN(C(=O)c2cnc(Cl)cn2)C1. The van der Waals surface area contributed by atoms with Crippen LogP contribution in [-0.4, -0.2) is 44.9 Å². The predicted molar refractivity (Wildman–Crippen MR) is 72.5 cm³/mol. The van der Waals surface area contributed by atoms with Crippen molar-refractivity contribution >= 4 is 23.5 Å². The standard InChI is InChI=1S/C13H16ClN3O3/c1-8(2)13(12(19)20)3-4-17(7-13)11(18)9-5-16-10(14)6-15-9/h5-6,8H,3-4,7H2,1-2H3,(H,19,20). The summed E-state index contributed by atoms with van der Waals surface area (Å²) >= 11 is 5.63. The molecule has 2 heterocycles. The first kappa shape index (κ1) is 14.7. The molecule has 1 amide bonds. The summed E-state index contributed by atoms with van der Waals surface area (Å²) in [6.07, 6.45) is 3.06. The molecule has 6 nitrogen and oxygen atoms in total. The molecule has 0 radical (unpaired) electrons. The zero-order chi connectivity index (χ0) is 14.9. The second kappa shape index (κ2) is 5.36. The van der Waals surface area contributed by atoms with Gasteiger partial charge in [-0.15, -0.1) is 0 Å². The zero-order valence-electron chi connectivity index (χ0n) is 11.3. The van der Waals surface area contributed by atoms with Gasteiger partial charge in [-0.05, 0) is 12.3 Å². The number of carboxylic acid groups (broad SMARTS) is 1. The minimum absolute atomic E-state index is 0.0471. The lowest BCUT2D eigenvalue weighted by atomic mass is 9.76. The van der Waals surface area contributed by atoms with Crippen molar-refractivity contribution in [2.45, 2.75) is 20.3 Å². The quantitative estimate of drug-likeness (QED) is 0.918. The number of amides is 1. The molecule has 108 valence electrons. The number of carbonyl (C=O) groups excluding carboxylic acids is 1. The van der Waals surface area contributed by atoms with Gasteiger partial charge < -0.3 is 10.0 Å². The Balaban J connectivity index is 2.18. The van der Waals surface area contributed by atoms with Crippen LogP contribution in [0.2, 0.25) is 5.15 Å². The zero-order valence-corrected chi connectivity index (χ0v) is 12.1. The van der Waals surface area contributed by atoms with Crippen molar-refractivity contribution in [1.82, 2.24) is 14.9 Å². The third-order valence-corrected chi connectivity index (χ3v) is 4.15. The molecule has 1 fully saturated rings. The topological polar surface area (TPSA) is 83.4 Å². The highest BCUT2D eigenvalue weighted by molar-refractivity contribution is 6.29. The minimum atomic E-state index is -0.879. The second-order valence-corrected chi connectivity index (χ2v) is 5.70. The van der Waals surface area contributed by atoms with E-state index in [-0.39, 0.29) is 29.2 Å². The summed E-state index contributed by atoms with van der Waals surface area (Å²) in [4.78, 5) is 33.1. The van der Waals surface area contributed by atoms with Gasteiger partial charge in [-0.2, -0.15) is 0 Å². The van der Waals surface area contributed by atoms with E-state index in [1.807, 2.05) is 13.8 Å². The first-order valence-corrected chi connectivity index (χ1v) is 6.75. The maximum atomic E-state index is 12.3. The Morgan fingerprint density at radius 1 is 1.40 bits per heavy atom. The van der Waals surface area contributed by atoms with Crippen molar-refractivity contribution in [2.24, 2.45) is 11.3 Å². The molecule has 0 aliphatic carbocycles. The molecule has 1 unspecified atom stereocenters. The van der Waals surface area contributed by atoms with Gasteiger partial charge in [0.05, 0.1) is 17.8 Å². The Morgan fingerprint density at radius 3 is 2.55 bits per heavy atom. The van der Waals surface area contributed by atoms with Crippen LogP contribution < -0.4 is 0 Å². The fraction of sp³-hybridized carbons (Fsp3) is 0.538. The van der Waals surface area contributed by atoms with Crippen molar-refractivity contribution in [3.05, 3.63) is 23.2 Å². The van der Waals surface area contributed by atoms with E-state index in [0.29, 0.717) is 13.0 Å². The lowest BCUT2D eigenvalue weighted by molar-refractivity contribution is -0.150. The van der Waals surface area contributed by atoms with Crippen LogP contribution in [0.25, 0.3) is 0 Å². The number of likely N-dealkylation sites (tertiary alicyclic amines) is 1. The minimum Gasteiger partial charge on any atom is -0.481 e. The van der Waals surface area contributed by atoms with E-state index in [4.69, 9.17) is 11.6 Å². The van der Waals surface area contributed by atoms with Gasteiger partial charge >= 0.3 is 5.97 Å². The molecule has 1 saturated heterocycles. The van der Waals surface area contributed by atoms with Gasteiger partial charge in [0.25, 0.3) is 5.91 Å². The number of hydrogen-bond donors (Lipinski definition) is 1. The molecule has 0 aromatic carbocycles. The Kier molecular flexibility index (Phi) is 3.94. The molecule has 7 heteroatoms. The molecule has 1 atom stereocenters. The van der Waals surface area contributed by atoms with Crippen molar-refractivity contribution in [3.63, 3.8) is 0 Å². The fourth-order valence-corrected chi connectivity index (χ4v) is 2.58. The third kappa shape index (κ3) is 2.47. The summed E-state index contributed by atoms with van der Waals surface area (Å²) < 4.78 is 0. The molecule has 0 spiro atoms. The summed E-state index contributed by atoms with van der Waals surface area (Å²) in [5.74, 6) is -1.21. The normalized spacial score (nSPS) is 22.3. The Bertz CT molecular complexity index is 532. The second-order valence-electron chi connectivity index (χ2n) is 5.32. The smallest absolute Gasteiger partial charge is 0.311 e. The molecule has 1 aliphatic heterocycles. The molecule has 1 aromatic heterocycles. The van der Waals surface area contributed by atoms with Gasteiger partial charge in [0.1, 0.15) is 10.8 Å². The van der Waals surface area contributed by atoms with Crippen LogP contribution in [-0.2, 0) is 4.79 Å². The maximum absolute atomic E-state index is 12.3.